The third kappa shape index (κ3) is 3.83. The van der Waals surface area contributed by atoms with Crippen LogP contribution in [0.4, 0.5) is 17.1 Å². The highest BCUT2D eigenvalue weighted by molar-refractivity contribution is 7.21. The van der Waals surface area contributed by atoms with Crippen molar-refractivity contribution >= 4 is 50.4 Å². The van der Waals surface area contributed by atoms with Crippen molar-refractivity contribution in [3.05, 3.63) is 47.0 Å². The van der Waals surface area contributed by atoms with Gasteiger partial charge in [-0.3, -0.25) is 9.59 Å². The number of amides is 2. The van der Waals surface area contributed by atoms with Crippen LogP contribution >= 0.6 is 11.3 Å². The molecule has 2 heterocycles. The van der Waals surface area contributed by atoms with Crippen LogP contribution < -0.4 is 16.4 Å². The zero-order chi connectivity index (χ0) is 18.7. The Morgan fingerprint density at radius 3 is 2.35 bits per heavy atom. The van der Waals surface area contributed by atoms with Crippen molar-refractivity contribution in [3.63, 3.8) is 0 Å². The first-order chi connectivity index (χ1) is 12.5. The summed E-state index contributed by atoms with van der Waals surface area (Å²) < 4.78 is 0. The average molecular weight is 368 g/mol. The minimum Gasteiger partial charge on any atom is -0.397 e. The molecule has 3 aromatic rings. The summed E-state index contributed by atoms with van der Waals surface area (Å²) >= 11 is 1.30. The van der Waals surface area contributed by atoms with Crippen molar-refractivity contribution in [2.45, 2.75) is 26.7 Å². The predicted octanol–water partition coefficient (Wildman–Crippen LogP) is 4.04. The van der Waals surface area contributed by atoms with Crippen LogP contribution in [0.25, 0.3) is 10.2 Å². The Morgan fingerprint density at radius 2 is 1.73 bits per heavy atom. The van der Waals surface area contributed by atoms with E-state index in [0.29, 0.717) is 21.9 Å². The van der Waals surface area contributed by atoms with Gasteiger partial charge in [0.05, 0.1) is 5.69 Å². The third-order valence-corrected chi connectivity index (χ3v) is 4.94. The maximum Gasteiger partial charge on any atom is 0.267 e. The molecule has 4 N–H and O–H groups in total. The second kappa shape index (κ2) is 7.53. The molecule has 0 aliphatic heterocycles. The van der Waals surface area contributed by atoms with Crippen LogP contribution in [0.2, 0.25) is 0 Å². The van der Waals surface area contributed by atoms with Gasteiger partial charge >= 0.3 is 0 Å². The summed E-state index contributed by atoms with van der Waals surface area (Å²) in [5.74, 6) is -0.412. The fraction of sp³-hybridized carbons (Fsp3) is 0.211. The fourth-order valence-corrected chi connectivity index (χ4v) is 3.64. The van der Waals surface area contributed by atoms with Crippen LogP contribution in [0.3, 0.4) is 0 Å². The topological polar surface area (TPSA) is 97.1 Å². The number of aromatic nitrogens is 1. The van der Waals surface area contributed by atoms with Gasteiger partial charge in [0.25, 0.3) is 5.91 Å². The Hall–Kier alpha value is -2.93. The Labute approximate surface area is 155 Å². The highest BCUT2D eigenvalue weighted by Gasteiger charge is 2.17. The summed E-state index contributed by atoms with van der Waals surface area (Å²) in [6.07, 6.45) is 1.91. The zero-order valence-electron chi connectivity index (χ0n) is 14.6. The van der Waals surface area contributed by atoms with E-state index in [1.165, 1.54) is 18.3 Å². The van der Waals surface area contributed by atoms with Gasteiger partial charge in [-0.05, 0) is 42.8 Å². The molecule has 0 saturated heterocycles. The van der Waals surface area contributed by atoms with E-state index in [9.17, 15) is 9.59 Å². The second-order valence-electron chi connectivity index (χ2n) is 5.96. The largest absolute Gasteiger partial charge is 0.397 e. The van der Waals surface area contributed by atoms with E-state index in [-0.39, 0.29) is 11.8 Å². The molecule has 2 aromatic heterocycles. The molecule has 2 amide bonds. The number of aryl methyl sites for hydroxylation is 1. The molecule has 0 aliphatic rings. The smallest absolute Gasteiger partial charge is 0.267 e. The summed E-state index contributed by atoms with van der Waals surface area (Å²) in [6, 6.07) is 10.8. The molecule has 26 heavy (non-hydrogen) atoms. The van der Waals surface area contributed by atoms with Crippen LogP contribution in [-0.4, -0.2) is 16.8 Å². The van der Waals surface area contributed by atoms with Crippen molar-refractivity contribution < 1.29 is 9.59 Å². The lowest BCUT2D eigenvalue weighted by molar-refractivity contribution is -0.114. The normalized spacial score (nSPS) is 10.7. The van der Waals surface area contributed by atoms with Gasteiger partial charge in [0.15, 0.2) is 0 Å². The number of benzene rings is 1. The first-order valence-corrected chi connectivity index (χ1v) is 9.16. The van der Waals surface area contributed by atoms with Crippen molar-refractivity contribution in [1.82, 2.24) is 4.98 Å². The molecule has 134 valence electrons. The van der Waals surface area contributed by atoms with E-state index in [1.54, 1.807) is 24.3 Å². The number of carbonyl (C=O) groups is 2. The summed E-state index contributed by atoms with van der Waals surface area (Å²) in [6.45, 7) is 3.55. The van der Waals surface area contributed by atoms with Gasteiger partial charge in [0, 0.05) is 29.4 Å². The van der Waals surface area contributed by atoms with E-state index >= 15 is 0 Å². The maximum atomic E-state index is 12.6. The van der Waals surface area contributed by atoms with Gasteiger partial charge in [-0.15, -0.1) is 11.3 Å². The standard InChI is InChI=1S/C19H20N4O2S/c1-3-4-12-9-10-15-16(20)17(26-19(15)23-12)18(25)22-14-7-5-13(6-8-14)21-11(2)24/h5-10H,3-4,20H2,1-2H3,(H,21,24)(H,22,25). The number of thiophene rings is 1. The zero-order valence-corrected chi connectivity index (χ0v) is 15.4. The maximum absolute atomic E-state index is 12.6. The number of nitrogens with one attached hydrogen (secondary N) is 2. The molecule has 0 unspecified atom stereocenters. The molecule has 6 nitrogen and oxygen atoms in total. The first kappa shape index (κ1) is 17.9. The number of anilines is 3. The summed E-state index contributed by atoms with van der Waals surface area (Å²) in [5.41, 5.74) is 8.91. The number of nitrogens with zero attached hydrogens (tertiary/aromatic N) is 1. The summed E-state index contributed by atoms with van der Waals surface area (Å²) in [7, 11) is 0. The van der Waals surface area contributed by atoms with E-state index in [1.807, 2.05) is 12.1 Å². The fourth-order valence-electron chi connectivity index (χ4n) is 2.63. The molecule has 0 spiro atoms. The van der Waals surface area contributed by atoms with Crippen molar-refractivity contribution in [2.24, 2.45) is 0 Å². The number of nitrogen functional groups attached to an aromatic ring is 1. The lowest BCUT2D eigenvalue weighted by Gasteiger charge is -2.06. The molecule has 0 atom stereocenters. The second-order valence-corrected chi connectivity index (χ2v) is 6.96. The molecule has 3 rings (SSSR count). The molecular weight excluding hydrogens is 348 g/mol. The quantitative estimate of drug-likeness (QED) is 0.633. The summed E-state index contributed by atoms with van der Waals surface area (Å²) in [4.78, 5) is 29.5. The van der Waals surface area contributed by atoms with Gasteiger partial charge in [-0.1, -0.05) is 13.3 Å². The van der Waals surface area contributed by atoms with Crippen LogP contribution in [0.5, 0.6) is 0 Å². The van der Waals surface area contributed by atoms with Crippen molar-refractivity contribution in [1.29, 1.82) is 0 Å². The summed E-state index contributed by atoms with van der Waals surface area (Å²) in [5, 5.41) is 6.32. The molecule has 0 fully saturated rings. The van der Waals surface area contributed by atoms with E-state index in [2.05, 4.69) is 22.5 Å². The number of carbonyl (C=O) groups excluding carboxylic acids is 2. The van der Waals surface area contributed by atoms with Gasteiger partial charge in [-0.25, -0.2) is 4.98 Å². The predicted molar refractivity (Wildman–Crippen MR) is 107 cm³/mol. The minimum absolute atomic E-state index is 0.144. The Bertz CT molecular complexity index is 964. The molecule has 1 aromatic carbocycles. The molecule has 0 saturated carbocycles. The third-order valence-electron chi connectivity index (χ3n) is 3.83. The lowest BCUT2D eigenvalue weighted by Crippen LogP contribution is -2.12. The minimum atomic E-state index is -0.269. The van der Waals surface area contributed by atoms with Crippen LogP contribution in [0, 0.1) is 0 Å². The number of pyridine rings is 1. The number of hydrogen-bond acceptors (Lipinski definition) is 5. The van der Waals surface area contributed by atoms with Crippen molar-refractivity contribution in [3.8, 4) is 0 Å². The van der Waals surface area contributed by atoms with Crippen LogP contribution in [0.15, 0.2) is 36.4 Å². The molecule has 0 bridgehead atoms. The highest BCUT2D eigenvalue weighted by Crippen LogP contribution is 2.33. The van der Waals surface area contributed by atoms with Crippen LogP contribution in [-0.2, 0) is 11.2 Å². The average Bonchev–Trinajstić information content (AvgIpc) is 2.93. The monoisotopic (exact) mass is 368 g/mol. The van der Waals surface area contributed by atoms with Gasteiger partial charge in [0.1, 0.15) is 9.71 Å². The van der Waals surface area contributed by atoms with Gasteiger partial charge in [-0.2, -0.15) is 0 Å². The first-order valence-electron chi connectivity index (χ1n) is 8.35. The highest BCUT2D eigenvalue weighted by atomic mass is 32.1. The Kier molecular flexibility index (Phi) is 5.18. The molecular formula is C19H20N4O2S. The number of nitrogens with two attached hydrogens (primary N) is 1. The lowest BCUT2D eigenvalue weighted by atomic mass is 10.2. The van der Waals surface area contributed by atoms with Gasteiger partial charge in [0.2, 0.25) is 5.91 Å². The number of fused-ring (bicyclic) bond motifs is 1. The molecule has 7 heteroatoms. The van der Waals surface area contributed by atoms with Crippen LogP contribution in [0.1, 0.15) is 35.6 Å². The molecule has 0 aliphatic carbocycles. The van der Waals surface area contributed by atoms with E-state index in [4.69, 9.17) is 5.73 Å². The number of hydrogen-bond donors (Lipinski definition) is 3. The van der Waals surface area contributed by atoms with E-state index in [0.717, 1.165) is 28.8 Å². The Morgan fingerprint density at radius 1 is 1.08 bits per heavy atom. The van der Waals surface area contributed by atoms with Crippen molar-refractivity contribution in [2.75, 3.05) is 16.4 Å². The number of rotatable bonds is 5. The van der Waals surface area contributed by atoms with E-state index < -0.39 is 0 Å². The SMILES string of the molecule is CCCc1ccc2c(N)c(C(=O)Nc3ccc(NC(C)=O)cc3)sc2n1. The van der Waals surface area contributed by atoms with Gasteiger partial charge < -0.3 is 16.4 Å². The Balaban J connectivity index is 1.81. The molecule has 0 radical (unpaired) electrons.